The van der Waals surface area contributed by atoms with Gasteiger partial charge in [-0.05, 0) is 24.3 Å². The Morgan fingerprint density at radius 2 is 1.39 bits per heavy atom. The predicted octanol–water partition coefficient (Wildman–Crippen LogP) is 5.15. The number of benzene rings is 3. The Labute approximate surface area is 159 Å². The second-order valence-electron chi connectivity index (χ2n) is 6.39. The lowest BCUT2D eigenvalue weighted by Gasteiger charge is -2.08. The summed E-state index contributed by atoms with van der Waals surface area (Å²) < 4.78 is 1.99. The van der Waals surface area contributed by atoms with Gasteiger partial charge in [0.25, 0.3) is 5.69 Å². The van der Waals surface area contributed by atoms with Crippen molar-refractivity contribution in [3.05, 3.63) is 95.2 Å². The zero-order chi connectivity index (χ0) is 19.1. The van der Waals surface area contributed by atoms with Crippen molar-refractivity contribution >= 4 is 27.5 Å². The maximum atomic E-state index is 11.4. The second kappa shape index (κ2) is 6.28. The van der Waals surface area contributed by atoms with Gasteiger partial charge in [-0.2, -0.15) is 0 Å². The summed E-state index contributed by atoms with van der Waals surface area (Å²) in [6.07, 6.45) is 1.64. The van der Waals surface area contributed by atoms with Gasteiger partial charge in [0, 0.05) is 23.0 Å². The molecule has 0 saturated carbocycles. The van der Waals surface area contributed by atoms with Crippen LogP contribution in [0.25, 0.3) is 39.0 Å². The maximum Gasteiger partial charge on any atom is 0.278 e. The summed E-state index contributed by atoms with van der Waals surface area (Å²) in [4.78, 5) is 20.2. The summed E-state index contributed by atoms with van der Waals surface area (Å²) in [5, 5.41) is 13.6. The van der Waals surface area contributed by atoms with E-state index in [-0.39, 0.29) is 5.69 Å². The fraction of sp³-hybridized carbons (Fsp3) is 0. The van der Waals surface area contributed by atoms with Crippen molar-refractivity contribution in [1.29, 1.82) is 0 Å². The zero-order valence-electron chi connectivity index (χ0n) is 14.7. The lowest BCUT2D eigenvalue weighted by Crippen LogP contribution is -2.02. The molecule has 6 nitrogen and oxygen atoms in total. The number of nitrogens with zero attached hydrogens (tertiary/aromatic N) is 4. The largest absolute Gasteiger partial charge is 0.278 e. The minimum Gasteiger partial charge on any atom is -0.278 e. The van der Waals surface area contributed by atoms with E-state index in [0.29, 0.717) is 17.2 Å². The van der Waals surface area contributed by atoms with Crippen molar-refractivity contribution in [2.75, 3.05) is 0 Å². The highest BCUT2D eigenvalue weighted by Gasteiger charge is 2.18. The molecule has 0 spiro atoms. The molecule has 6 heteroatoms. The molecule has 3 aromatic carbocycles. The van der Waals surface area contributed by atoms with Crippen molar-refractivity contribution in [3.8, 4) is 17.2 Å². The standard InChI is InChI=1S/C22H14N4O2/c27-26(28)21-12-6-3-9-17(21)18-13-14-23-22(24-18)25-19-10-4-1-7-15(19)16-8-2-5-11-20(16)25/h1-14H. The Morgan fingerprint density at radius 3 is 2.07 bits per heavy atom. The maximum absolute atomic E-state index is 11.4. The minimum atomic E-state index is -0.391. The molecule has 0 radical (unpaired) electrons. The molecule has 0 unspecified atom stereocenters. The molecule has 0 aliphatic rings. The molecule has 2 aromatic heterocycles. The number of hydrogen-bond acceptors (Lipinski definition) is 4. The van der Waals surface area contributed by atoms with E-state index in [4.69, 9.17) is 0 Å². The Kier molecular flexibility index (Phi) is 3.62. The molecule has 28 heavy (non-hydrogen) atoms. The van der Waals surface area contributed by atoms with Crippen molar-refractivity contribution < 1.29 is 4.92 Å². The summed E-state index contributed by atoms with van der Waals surface area (Å²) >= 11 is 0. The van der Waals surface area contributed by atoms with Crippen LogP contribution in [0.3, 0.4) is 0 Å². The van der Waals surface area contributed by atoms with Gasteiger partial charge in [-0.3, -0.25) is 14.7 Å². The highest BCUT2D eigenvalue weighted by atomic mass is 16.6. The van der Waals surface area contributed by atoms with Crippen LogP contribution in [0.1, 0.15) is 0 Å². The van der Waals surface area contributed by atoms with Crippen LogP contribution in [0.5, 0.6) is 0 Å². The third-order valence-corrected chi connectivity index (χ3v) is 4.80. The number of rotatable bonds is 3. The first-order valence-corrected chi connectivity index (χ1v) is 8.79. The van der Waals surface area contributed by atoms with E-state index in [2.05, 4.69) is 22.1 Å². The summed E-state index contributed by atoms with van der Waals surface area (Å²) in [5.41, 5.74) is 2.98. The van der Waals surface area contributed by atoms with Crippen LogP contribution in [0.15, 0.2) is 85.1 Å². The lowest BCUT2D eigenvalue weighted by atomic mass is 10.1. The number of fused-ring (bicyclic) bond motifs is 3. The van der Waals surface area contributed by atoms with E-state index in [9.17, 15) is 10.1 Å². The van der Waals surface area contributed by atoms with Crippen LogP contribution in [-0.4, -0.2) is 19.5 Å². The molecule has 2 heterocycles. The average Bonchev–Trinajstić information content (AvgIpc) is 3.08. The van der Waals surface area contributed by atoms with Crippen LogP contribution < -0.4 is 0 Å². The molecule has 0 atom stereocenters. The Bertz CT molecular complexity index is 1300. The third kappa shape index (κ3) is 2.43. The first-order chi connectivity index (χ1) is 13.7. The van der Waals surface area contributed by atoms with Gasteiger partial charge in [-0.1, -0.05) is 48.5 Å². The molecule has 0 N–H and O–H groups in total. The number of nitro benzene ring substituents is 1. The predicted molar refractivity (Wildman–Crippen MR) is 108 cm³/mol. The van der Waals surface area contributed by atoms with Crippen LogP contribution in [0.4, 0.5) is 5.69 Å². The average molecular weight is 366 g/mol. The summed E-state index contributed by atoms with van der Waals surface area (Å²) in [6, 6.07) is 24.4. The smallest absolute Gasteiger partial charge is 0.278 e. The van der Waals surface area contributed by atoms with E-state index in [1.54, 1.807) is 30.5 Å². The molecule has 0 aliphatic heterocycles. The summed E-state index contributed by atoms with van der Waals surface area (Å²) in [7, 11) is 0. The highest BCUT2D eigenvalue weighted by Crippen LogP contribution is 2.32. The molecular weight excluding hydrogens is 352 g/mol. The van der Waals surface area contributed by atoms with E-state index in [1.165, 1.54) is 6.07 Å². The molecule has 0 aliphatic carbocycles. The fourth-order valence-electron chi connectivity index (χ4n) is 3.59. The van der Waals surface area contributed by atoms with E-state index >= 15 is 0 Å². The number of nitro groups is 1. The van der Waals surface area contributed by atoms with Crippen LogP contribution >= 0.6 is 0 Å². The molecule has 0 fully saturated rings. The van der Waals surface area contributed by atoms with E-state index in [1.807, 2.05) is 41.0 Å². The second-order valence-corrected chi connectivity index (χ2v) is 6.39. The minimum absolute atomic E-state index is 0.0226. The van der Waals surface area contributed by atoms with Gasteiger partial charge in [0.15, 0.2) is 0 Å². The van der Waals surface area contributed by atoms with Crippen molar-refractivity contribution in [2.45, 2.75) is 0 Å². The van der Waals surface area contributed by atoms with Gasteiger partial charge in [0.05, 0.1) is 27.2 Å². The summed E-state index contributed by atoms with van der Waals surface area (Å²) in [6.45, 7) is 0. The zero-order valence-corrected chi connectivity index (χ0v) is 14.7. The third-order valence-electron chi connectivity index (χ3n) is 4.80. The monoisotopic (exact) mass is 366 g/mol. The van der Waals surface area contributed by atoms with Crippen molar-refractivity contribution in [3.63, 3.8) is 0 Å². The van der Waals surface area contributed by atoms with Gasteiger partial charge in [0.1, 0.15) is 0 Å². The molecule has 0 saturated heterocycles. The summed E-state index contributed by atoms with van der Waals surface area (Å²) in [5.74, 6) is 0.480. The van der Waals surface area contributed by atoms with Crippen LogP contribution in [-0.2, 0) is 0 Å². The topological polar surface area (TPSA) is 73.8 Å². The Balaban J connectivity index is 1.79. The fourth-order valence-corrected chi connectivity index (χ4v) is 3.59. The van der Waals surface area contributed by atoms with Crippen molar-refractivity contribution in [2.24, 2.45) is 0 Å². The van der Waals surface area contributed by atoms with Crippen molar-refractivity contribution in [1.82, 2.24) is 14.5 Å². The van der Waals surface area contributed by atoms with E-state index in [0.717, 1.165) is 21.8 Å². The molecule has 5 aromatic rings. The SMILES string of the molecule is O=[N+]([O-])c1ccccc1-c1ccnc(-n2c3ccccc3c3ccccc32)n1. The molecular formula is C22H14N4O2. The van der Waals surface area contributed by atoms with Gasteiger partial charge in [-0.25, -0.2) is 9.97 Å². The number of hydrogen-bond donors (Lipinski definition) is 0. The first kappa shape index (κ1) is 16.1. The lowest BCUT2D eigenvalue weighted by molar-refractivity contribution is -0.384. The van der Waals surface area contributed by atoms with Crippen LogP contribution in [0.2, 0.25) is 0 Å². The quantitative estimate of drug-likeness (QED) is 0.327. The molecule has 0 amide bonds. The normalized spacial score (nSPS) is 11.1. The number of aromatic nitrogens is 3. The molecule has 5 rings (SSSR count). The first-order valence-electron chi connectivity index (χ1n) is 8.79. The van der Waals surface area contributed by atoms with Gasteiger partial charge in [0.2, 0.25) is 5.95 Å². The Morgan fingerprint density at radius 1 is 0.786 bits per heavy atom. The number of para-hydroxylation sites is 3. The Hall–Kier alpha value is -4.06. The van der Waals surface area contributed by atoms with Gasteiger partial charge >= 0.3 is 0 Å². The van der Waals surface area contributed by atoms with Gasteiger partial charge < -0.3 is 0 Å². The van der Waals surface area contributed by atoms with E-state index < -0.39 is 4.92 Å². The van der Waals surface area contributed by atoms with Crippen LogP contribution in [0, 0.1) is 10.1 Å². The molecule has 134 valence electrons. The highest BCUT2D eigenvalue weighted by molar-refractivity contribution is 6.08. The van der Waals surface area contributed by atoms with Gasteiger partial charge in [-0.15, -0.1) is 0 Å². The molecule has 0 bridgehead atoms.